The Balaban J connectivity index is 1.03. The van der Waals surface area contributed by atoms with Crippen molar-refractivity contribution in [3.63, 3.8) is 0 Å². The lowest BCUT2D eigenvalue weighted by molar-refractivity contribution is 0.668. The number of nitrogens with one attached hydrogen (secondary N) is 1. The van der Waals surface area contributed by atoms with Crippen molar-refractivity contribution < 1.29 is 4.42 Å². The van der Waals surface area contributed by atoms with Gasteiger partial charge in [-0.25, -0.2) is 9.98 Å². The zero-order valence-electron chi connectivity index (χ0n) is 29.8. The van der Waals surface area contributed by atoms with E-state index in [1.807, 2.05) is 18.2 Å². The van der Waals surface area contributed by atoms with Crippen LogP contribution in [-0.2, 0) is 0 Å². The largest absolute Gasteiger partial charge is 0.456 e. The summed E-state index contributed by atoms with van der Waals surface area (Å²) in [5.41, 5.74) is 9.30. The van der Waals surface area contributed by atoms with Gasteiger partial charge in [0.1, 0.15) is 23.2 Å². The van der Waals surface area contributed by atoms with Crippen molar-refractivity contribution in [3.8, 4) is 22.3 Å². The van der Waals surface area contributed by atoms with Crippen molar-refractivity contribution in [2.24, 2.45) is 9.98 Å². The quantitative estimate of drug-likeness (QED) is 0.181. The maximum Gasteiger partial charge on any atom is 0.160 e. The van der Waals surface area contributed by atoms with Crippen LogP contribution in [0.2, 0.25) is 0 Å². The molecule has 1 aromatic heterocycles. The van der Waals surface area contributed by atoms with Gasteiger partial charge in [0.05, 0.1) is 0 Å². The first-order chi connectivity index (χ1) is 27.2. The fourth-order valence-corrected chi connectivity index (χ4v) is 8.10. The summed E-state index contributed by atoms with van der Waals surface area (Å²) in [4.78, 5) is 10.6. The molecule has 1 atom stereocenters. The van der Waals surface area contributed by atoms with Crippen LogP contribution in [0.25, 0.3) is 76.5 Å². The van der Waals surface area contributed by atoms with Crippen LogP contribution in [0.3, 0.4) is 0 Å². The van der Waals surface area contributed by atoms with E-state index >= 15 is 0 Å². The van der Waals surface area contributed by atoms with Crippen LogP contribution in [0.1, 0.15) is 22.9 Å². The molecule has 0 fully saturated rings. The van der Waals surface area contributed by atoms with Crippen LogP contribution in [0.5, 0.6) is 0 Å². The Kier molecular flexibility index (Phi) is 7.20. The third-order valence-electron chi connectivity index (χ3n) is 10.9. The second-order valence-electron chi connectivity index (χ2n) is 14.2. The van der Waals surface area contributed by atoms with Crippen molar-refractivity contribution in [3.05, 3.63) is 205 Å². The zero-order chi connectivity index (χ0) is 36.3. The van der Waals surface area contributed by atoms with E-state index < -0.39 is 0 Å². The monoisotopic (exact) mass is 703 g/mol. The van der Waals surface area contributed by atoms with Crippen LogP contribution in [0, 0.1) is 0 Å². The van der Waals surface area contributed by atoms with Crippen molar-refractivity contribution in [2.75, 3.05) is 0 Å². The lowest BCUT2D eigenvalue weighted by Crippen LogP contribution is -2.33. The van der Waals surface area contributed by atoms with E-state index in [1.54, 1.807) is 0 Å². The number of hydrogen-bond acceptors (Lipinski definition) is 4. The summed E-state index contributed by atoms with van der Waals surface area (Å²) in [6.45, 7) is 0. The van der Waals surface area contributed by atoms with Gasteiger partial charge in [-0.1, -0.05) is 158 Å². The van der Waals surface area contributed by atoms with Gasteiger partial charge in [-0.15, -0.1) is 0 Å². The maximum absolute atomic E-state index is 6.57. The molecule has 0 bridgehead atoms. The van der Waals surface area contributed by atoms with Gasteiger partial charge < -0.3 is 9.73 Å². The highest BCUT2D eigenvalue weighted by atomic mass is 16.3. The number of hydrogen-bond donors (Lipinski definition) is 1. The van der Waals surface area contributed by atoms with Crippen molar-refractivity contribution in [1.82, 2.24) is 5.32 Å². The second-order valence-corrected chi connectivity index (χ2v) is 14.2. The molecule has 0 spiro atoms. The molecule has 4 nitrogen and oxygen atoms in total. The van der Waals surface area contributed by atoms with Crippen LogP contribution >= 0.6 is 0 Å². The zero-order valence-corrected chi connectivity index (χ0v) is 29.8. The van der Waals surface area contributed by atoms with Gasteiger partial charge in [-0.2, -0.15) is 0 Å². The molecule has 1 N–H and O–H groups in total. The molecule has 1 aliphatic rings. The highest BCUT2D eigenvalue weighted by Gasteiger charge is 2.24. The Bertz CT molecular complexity index is 3170. The molecule has 1 aliphatic heterocycles. The van der Waals surface area contributed by atoms with Crippen molar-refractivity contribution in [2.45, 2.75) is 6.17 Å². The predicted molar refractivity (Wildman–Crippen MR) is 229 cm³/mol. The number of fused-ring (bicyclic) bond motifs is 7. The Morgan fingerprint density at radius 3 is 1.95 bits per heavy atom. The van der Waals surface area contributed by atoms with Crippen molar-refractivity contribution in [1.29, 1.82) is 0 Å². The van der Waals surface area contributed by atoms with Gasteiger partial charge in [0.15, 0.2) is 5.84 Å². The van der Waals surface area contributed by atoms with Gasteiger partial charge in [0.2, 0.25) is 0 Å². The van der Waals surface area contributed by atoms with Crippen LogP contribution in [-0.4, -0.2) is 11.7 Å². The molecule has 0 saturated carbocycles. The molecule has 4 heteroatoms. The SMILES string of the molecule is c1ccc(-c2ccc(-c3ccc4c(c3)oc3cccc(C5=NC(c6ccc7ccccc7c6)NC(c6ccc7c(ccc8ccccc87)c6)=N5)c34)cc2)cc1. The van der Waals surface area contributed by atoms with Gasteiger partial charge >= 0.3 is 0 Å². The second kappa shape index (κ2) is 12.7. The van der Waals surface area contributed by atoms with Gasteiger partial charge in [0.25, 0.3) is 0 Å². The molecule has 11 rings (SSSR count). The molecule has 55 heavy (non-hydrogen) atoms. The Hall–Kier alpha value is -7.30. The summed E-state index contributed by atoms with van der Waals surface area (Å²) in [7, 11) is 0. The molecule has 0 amide bonds. The third-order valence-corrected chi connectivity index (χ3v) is 10.9. The molecule has 0 saturated heterocycles. The molecule has 10 aromatic rings. The van der Waals surface area contributed by atoms with E-state index in [0.717, 1.165) is 55.6 Å². The normalized spacial score (nSPS) is 14.4. The Morgan fingerprint density at radius 2 is 1.07 bits per heavy atom. The molecule has 9 aromatic carbocycles. The fraction of sp³-hybridized carbons (Fsp3) is 0.0196. The highest BCUT2D eigenvalue weighted by Crippen LogP contribution is 2.37. The summed E-state index contributed by atoms with van der Waals surface area (Å²) >= 11 is 0. The smallest absolute Gasteiger partial charge is 0.160 e. The number of rotatable bonds is 5. The fourth-order valence-electron chi connectivity index (χ4n) is 8.10. The summed E-state index contributed by atoms with van der Waals surface area (Å²) < 4.78 is 6.57. The lowest BCUT2D eigenvalue weighted by Gasteiger charge is -2.24. The van der Waals surface area contributed by atoms with Crippen molar-refractivity contribution >= 4 is 65.9 Å². The van der Waals surface area contributed by atoms with Crippen LogP contribution in [0.15, 0.2) is 202 Å². The van der Waals surface area contributed by atoms with Gasteiger partial charge in [-0.3, -0.25) is 0 Å². The molecule has 1 unspecified atom stereocenters. The minimum absolute atomic E-state index is 0.349. The summed E-state index contributed by atoms with van der Waals surface area (Å²) in [6.07, 6.45) is -0.349. The standard InChI is InChI=1S/C51H33N3O/c1-2-9-32(10-3-1)34-17-19-35(20-18-34)38-25-28-44-47(31-38)55-46-16-8-15-45(48(44)46)51-53-49(40-24-21-33-11-4-5-13-37(33)29-40)52-50(54-51)41-26-27-43-39(30-41)23-22-36-12-6-7-14-42(36)43/h1-31,49H,(H,52,53,54). The Labute approximate surface area is 317 Å². The molecule has 258 valence electrons. The van der Waals surface area contributed by atoms with E-state index in [-0.39, 0.29) is 6.17 Å². The average molecular weight is 704 g/mol. The first kappa shape index (κ1) is 31.2. The highest BCUT2D eigenvalue weighted by molar-refractivity contribution is 6.22. The van der Waals surface area contributed by atoms with E-state index in [2.05, 4.69) is 175 Å². The lowest BCUT2D eigenvalue weighted by atomic mass is 9.98. The Morgan fingerprint density at radius 1 is 0.418 bits per heavy atom. The summed E-state index contributed by atoms with van der Waals surface area (Å²) in [5.74, 6) is 1.45. The molecular weight excluding hydrogens is 671 g/mol. The van der Waals surface area contributed by atoms with E-state index in [1.165, 1.54) is 43.4 Å². The van der Waals surface area contributed by atoms with E-state index in [9.17, 15) is 0 Å². The molecular formula is C51H33N3O. The minimum Gasteiger partial charge on any atom is -0.456 e. The van der Waals surface area contributed by atoms with E-state index in [0.29, 0.717) is 5.84 Å². The number of amidine groups is 2. The maximum atomic E-state index is 6.57. The summed E-state index contributed by atoms with van der Waals surface area (Å²) in [5, 5.41) is 13.0. The number of furan rings is 1. The first-order valence-corrected chi connectivity index (χ1v) is 18.7. The number of nitrogens with zero attached hydrogens (tertiary/aromatic N) is 2. The minimum atomic E-state index is -0.349. The topological polar surface area (TPSA) is 49.9 Å². The van der Waals surface area contributed by atoms with E-state index in [4.69, 9.17) is 14.4 Å². The van der Waals surface area contributed by atoms with Gasteiger partial charge in [-0.05, 0) is 90.5 Å². The predicted octanol–water partition coefficient (Wildman–Crippen LogP) is 12.9. The number of benzene rings is 9. The molecule has 0 radical (unpaired) electrons. The summed E-state index contributed by atoms with van der Waals surface area (Å²) in [6, 6.07) is 66.4. The third kappa shape index (κ3) is 5.46. The van der Waals surface area contributed by atoms with Crippen LogP contribution < -0.4 is 5.32 Å². The van der Waals surface area contributed by atoms with Gasteiger partial charge in [0, 0.05) is 21.9 Å². The molecule has 0 aliphatic carbocycles. The first-order valence-electron chi connectivity index (χ1n) is 18.7. The number of aliphatic imine (C=N–C) groups is 2. The molecule has 2 heterocycles. The van der Waals surface area contributed by atoms with Crippen LogP contribution in [0.4, 0.5) is 0 Å². The average Bonchev–Trinajstić information content (AvgIpc) is 3.64.